The minimum atomic E-state index is 0.0787. The number of rotatable bonds is 12. The van der Waals surface area contributed by atoms with Gasteiger partial charge in [0.2, 0.25) is 0 Å². The maximum Gasteiger partial charge on any atom is 0.0945 e. The fraction of sp³-hybridized carbons (Fsp3) is 0.850. The zero-order valence-electron chi connectivity index (χ0n) is 17.9. The van der Waals surface area contributed by atoms with E-state index < -0.39 is 0 Å². The monoisotopic (exact) mass is 381 g/mol. The van der Waals surface area contributed by atoms with Crippen LogP contribution < -0.4 is 0 Å². The van der Waals surface area contributed by atoms with Crippen LogP contribution in [0.2, 0.25) is 22.2 Å². The summed E-state index contributed by atoms with van der Waals surface area (Å²) < 4.78 is 2.21. The molecule has 1 aromatic rings. The maximum atomic E-state index is 4.15. The molecular formula is C20H43N3Si2. The van der Waals surface area contributed by atoms with Gasteiger partial charge in [-0.1, -0.05) is 53.6 Å². The summed E-state index contributed by atoms with van der Waals surface area (Å²) in [6.45, 7) is 19.5. The van der Waals surface area contributed by atoms with Crippen LogP contribution in [-0.4, -0.2) is 53.1 Å². The Bertz CT molecular complexity index is 411. The first kappa shape index (κ1) is 22.6. The van der Waals surface area contributed by atoms with Gasteiger partial charge in [0.25, 0.3) is 0 Å². The molecule has 0 amide bonds. The summed E-state index contributed by atoms with van der Waals surface area (Å²) in [4.78, 5) is 6.89. The molecule has 0 aliphatic rings. The standard InChI is InChI=1S/C20H43N3Si2/c1-19(2,3)24-16-8-13-22(14-9-17-25-20(4,5)6)11-7-12-23-15-10-21-18-23/h10,15,18H,7-9,11-14,16-17,24-25H2,1-6H3. The molecule has 0 aliphatic carbocycles. The van der Waals surface area contributed by atoms with Crippen molar-refractivity contribution in [2.75, 3.05) is 19.6 Å². The van der Waals surface area contributed by atoms with Crippen LogP contribution in [0.4, 0.5) is 0 Å². The third-order valence-electron chi connectivity index (χ3n) is 4.75. The molecule has 0 N–H and O–H groups in total. The fourth-order valence-corrected chi connectivity index (χ4v) is 6.28. The minimum Gasteiger partial charge on any atom is -0.337 e. The van der Waals surface area contributed by atoms with Gasteiger partial charge < -0.3 is 9.47 Å². The highest BCUT2D eigenvalue weighted by molar-refractivity contribution is 6.39. The molecule has 0 bridgehead atoms. The second-order valence-corrected chi connectivity index (χ2v) is 16.7. The summed E-state index contributed by atoms with van der Waals surface area (Å²) in [6.07, 6.45) is 9.95. The van der Waals surface area contributed by atoms with Crippen molar-refractivity contribution < 1.29 is 0 Å². The molecule has 0 aromatic carbocycles. The summed E-state index contributed by atoms with van der Waals surface area (Å²) in [7, 11) is 0.157. The number of imidazole rings is 1. The van der Waals surface area contributed by atoms with E-state index in [9.17, 15) is 0 Å². The fourth-order valence-electron chi connectivity index (χ4n) is 3.21. The first-order valence-corrected chi connectivity index (χ1v) is 13.8. The molecule has 1 aromatic heterocycles. The Morgan fingerprint density at radius 2 is 1.36 bits per heavy atom. The predicted molar refractivity (Wildman–Crippen MR) is 119 cm³/mol. The molecule has 3 nitrogen and oxygen atoms in total. The second-order valence-electron chi connectivity index (χ2n) is 10.0. The van der Waals surface area contributed by atoms with Gasteiger partial charge in [-0.05, 0) is 49.0 Å². The second kappa shape index (κ2) is 11.3. The van der Waals surface area contributed by atoms with Crippen molar-refractivity contribution in [3.8, 4) is 0 Å². The number of hydrogen-bond acceptors (Lipinski definition) is 2. The van der Waals surface area contributed by atoms with Crippen LogP contribution in [0, 0.1) is 0 Å². The topological polar surface area (TPSA) is 21.1 Å². The minimum absolute atomic E-state index is 0.0787. The number of aryl methyl sites for hydroxylation is 1. The molecule has 0 radical (unpaired) electrons. The van der Waals surface area contributed by atoms with Gasteiger partial charge in [0.15, 0.2) is 0 Å². The molecule has 0 atom stereocenters. The van der Waals surface area contributed by atoms with Crippen molar-refractivity contribution in [2.24, 2.45) is 0 Å². The Morgan fingerprint density at radius 3 is 1.80 bits per heavy atom. The summed E-state index contributed by atoms with van der Waals surface area (Å²) >= 11 is 0. The molecule has 146 valence electrons. The smallest absolute Gasteiger partial charge is 0.0945 e. The summed E-state index contributed by atoms with van der Waals surface area (Å²) in [6, 6.07) is 3.00. The van der Waals surface area contributed by atoms with E-state index in [0.717, 1.165) is 6.54 Å². The van der Waals surface area contributed by atoms with Crippen molar-refractivity contribution in [3.05, 3.63) is 18.7 Å². The van der Waals surface area contributed by atoms with E-state index in [1.807, 2.05) is 12.5 Å². The highest BCUT2D eigenvalue weighted by Gasteiger charge is 2.13. The molecule has 0 unspecified atom stereocenters. The zero-order chi connectivity index (χ0) is 18.8. The highest BCUT2D eigenvalue weighted by atomic mass is 28.2. The van der Waals surface area contributed by atoms with Crippen LogP contribution >= 0.6 is 0 Å². The lowest BCUT2D eigenvalue weighted by Crippen LogP contribution is -2.29. The van der Waals surface area contributed by atoms with Crippen LogP contribution in [0.15, 0.2) is 18.7 Å². The molecule has 0 aliphatic heterocycles. The van der Waals surface area contributed by atoms with E-state index in [2.05, 4.69) is 62.2 Å². The van der Waals surface area contributed by atoms with E-state index in [0.29, 0.717) is 10.1 Å². The molecule has 0 saturated carbocycles. The SMILES string of the molecule is CC(C)(C)[SiH2]CCCN(CCC[SiH2]C(C)(C)C)CCCn1ccnc1. The molecule has 5 heteroatoms. The van der Waals surface area contributed by atoms with Gasteiger partial charge in [-0.25, -0.2) is 4.98 Å². The molecule has 1 rings (SSSR count). The first-order chi connectivity index (χ1) is 11.7. The summed E-state index contributed by atoms with van der Waals surface area (Å²) in [5.41, 5.74) is 0. The predicted octanol–water partition coefficient (Wildman–Crippen LogP) is 3.97. The van der Waals surface area contributed by atoms with E-state index in [4.69, 9.17) is 0 Å². The summed E-state index contributed by atoms with van der Waals surface area (Å²) in [5, 5.41) is 1.23. The Balaban J connectivity index is 2.29. The van der Waals surface area contributed by atoms with Crippen LogP contribution in [0.3, 0.4) is 0 Å². The normalized spacial score (nSPS) is 13.9. The van der Waals surface area contributed by atoms with Gasteiger partial charge in [0.1, 0.15) is 0 Å². The van der Waals surface area contributed by atoms with Gasteiger partial charge in [-0.3, -0.25) is 0 Å². The molecule has 0 spiro atoms. The highest BCUT2D eigenvalue weighted by Crippen LogP contribution is 2.23. The average molecular weight is 382 g/mol. The Kier molecular flexibility index (Phi) is 10.3. The maximum absolute atomic E-state index is 4.15. The van der Waals surface area contributed by atoms with Crippen molar-refractivity contribution in [2.45, 2.75) is 89.5 Å². The lowest BCUT2D eigenvalue weighted by molar-refractivity contribution is 0.265. The third-order valence-corrected chi connectivity index (χ3v) is 9.46. The lowest BCUT2D eigenvalue weighted by Gasteiger charge is -2.24. The Hall–Kier alpha value is -0.396. The van der Waals surface area contributed by atoms with Gasteiger partial charge in [0, 0.05) is 38.0 Å². The summed E-state index contributed by atoms with van der Waals surface area (Å²) in [5.74, 6) is 0. The molecular weight excluding hydrogens is 338 g/mol. The molecule has 25 heavy (non-hydrogen) atoms. The van der Waals surface area contributed by atoms with Crippen molar-refractivity contribution in [1.82, 2.24) is 14.5 Å². The van der Waals surface area contributed by atoms with Gasteiger partial charge in [-0.2, -0.15) is 0 Å². The van der Waals surface area contributed by atoms with Crippen molar-refractivity contribution in [1.29, 1.82) is 0 Å². The van der Waals surface area contributed by atoms with Gasteiger partial charge in [0.05, 0.1) is 6.33 Å². The molecule has 0 saturated heterocycles. The van der Waals surface area contributed by atoms with Crippen LogP contribution in [0.25, 0.3) is 0 Å². The number of aromatic nitrogens is 2. The van der Waals surface area contributed by atoms with Crippen LogP contribution in [0.1, 0.15) is 60.8 Å². The van der Waals surface area contributed by atoms with Crippen molar-refractivity contribution >= 4 is 19.0 Å². The Labute approximate surface area is 161 Å². The third kappa shape index (κ3) is 13.5. The van der Waals surface area contributed by atoms with E-state index in [1.54, 1.807) is 0 Å². The van der Waals surface area contributed by atoms with E-state index >= 15 is 0 Å². The molecule has 1 heterocycles. The average Bonchev–Trinajstić information content (AvgIpc) is 2.98. The largest absolute Gasteiger partial charge is 0.337 e. The number of hydrogen-bond donors (Lipinski definition) is 0. The molecule has 0 fully saturated rings. The van der Waals surface area contributed by atoms with Gasteiger partial charge in [-0.15, -0.1) is 0 Å². The Morgan fingerprint density at radius 1 is 0.840 bits per heavy atom. The lowest BCUT2D eigenvalue weighted by atomic mass is 10.2. The first-order valence-electron chi connectivity index (χ1n) is 10.3. The van der Waals surface area contributed by atoms with E-state index in [-0.39, 0.29) is 19.0 Å². The number of nitrogens with zero attached hydrogens (tertiary/aromatic N) is 3. The van der Waals surface area contributed by atoms with Crippen molar-refractivity contribution in [3.63, 3.8) is 0 Å². The zero-order valence-corrected chi connectivity index (χ0v) is 20.7. The van der Waals surface area contributed by atoms with E-state index in [1.165, 1.54) is 51.0 Å². The quantitative estimate of drug-likeness (QED) is 0.403. The van der Waals surface area contributed by atoms with Gasteiger partial charge >= 0.3 is 0 Å². The van der Waals surface area contributed by atoms with Crippen LogP contribution in [-0.2, 0) is 6.54 Å². The van der Waals surface area contributed by atoms with Crippen LogP contribution in [0.5, 0.6) is 0 Å².